The first-order valence-electron chi connectivity index (χ1n) is 7.45. The second-order valence-corrected chi connectivity index (χ2v) is 6.73. The van der Waals surface area contributed by atoms with Crippen molar-refractivity contribution in [3.8, 4) is 5.75 Å². The normalized spacial score (nSPS) is 19.0. The second kappa shape index (κ2) is 5.86. The summed E-state index contributed by atoms with van der Waals surface area (Å²) < 4.78 is 5.52. The molecule has 0 saturated heterocycles. The fraction of sp³-hybridized carbons (Fsp3) is 0.588. The van der Waals surface area contributed by atoms with E-state index in [0.717, 1.165) is 36.1 Å². The van der Waals surface area contributed by atoms with Crippen molar-refractivity contribution in [3.05, 3.63) is 29.3 Å². The Morgan fingerprint density at radius 2 is 2.10 bits per heavy atom. The number of hydrogen-bond donors (Lipinski definition) is 1. The molecule has 1 aromatic rings. The van der Waals surface area contributed by atoms with Crippen LogP contribution in [0.1, 0.15) is 56.5 Å². The van der Waals surface area contributed by atoms with E-state index in [1.807, 2.05) is 25.1 Å². The summed E-state index contributed by atoms with van der Waals surface area (Å²) in [4.78, 5) is 12.3. The van der Waals surface area contributed by atoms with Crippen molar-refractivity contribution in [1.29, 1.82) is 0 Å². The lowest BCUT2D eigenvalue weighted by molar-refractivity contribution is 0.0929. The number of ether oxygens (including phenoxy) is 1. The molecule has 1 atom stereocenters. The highest BCUT2D eigenvalue weighted by molar-refractivity contribution is 5.96. The highest BCUT2D eigenvalue weighted by atomic mass is 16.5. The Morgan fingerprint density at radius 3 is 2.75 bits per heavy atom. The SMILES string of the molecule is CCOc1ccc2c(c1)CCC(CC(C)(C)C)NC2=O. The van der Waals surface area contributed by atoms with Gasteiger partial charge in [-0.1, -0.05) is 20.8 Å². The molecule has 3 nitrogen and oxygen atoms in total. The molecule has 1 aliphatic heterocycles. The first kappa shape index (κ1) is 14.9. The van der Waals surface area contributed by atoms with Gasteiger partial charge in [-0.15, -0.1) is 0 Å². The molecule has 1 aromatic carbocycles. The Balaban J connectivity index is 2.17. The van der Waals surface area contributed by atoms with Crippen LogP contribution in [0.25, 0.3) is 0 Å². The quantitative estimate of drug-likeness (QED) is 0.916. The lowest BCUT2D eigenvalue weighted by Gasteiger charge is -2.25. The summed E-state index contributed by atoms with van der Waals surface area (Å²) in [6.45, 7) is 9.26. The van der Waals surface area contributed by atoms with Gasteiger partial charge >= 0.3 is 0 Å². The molecule has 0 saturated carbocycles. The van der Waals surface area contributed by atoms with E-state index in [4.69, 9.17) is 4.74 Å². The Hall–Kier alpha value is -1.51. The molecule has 0 fully saturated rings. The number of fused-ring (bicyclic) bond motifs is 1. The molecule has 1 aliphatic rings. The van der Waals surface area contributed by atoms with Crippen molar-refractivity contribution in [1.82, 2.24) is 5.32 Å². The summed E-state index contributed by atoms with van der Waals surface area (Å²) in [5.74, 6) is 0.906. The average Bonchev–Trinajstić information content (AvgIpc) is 2.48. The summed E-state index contributed by atoms with van der Waals surface area (Å²) in [7, 11) is 0. The fourth-order valence-electron chi connectivity index (χ4n) is 2.81. The molecular weight excluding hydrogens is 250 g/mol. The molecule has 1 amide bonds. The molecule has 110 valence electrons. The van der Waals surface area contributed by atoms with Gasteiger partial charge in [-0.05, 0) is 55.4 Å². The van der Waals surface area contributed by atoms with E-state index in [1.54, 1.807) is 0 Å². The van der Waals surface area contributed by atoms with E-state index in [-0.39, 0.29) is 17.4 Å². The van der Waals surface area contributed by atoms with Gasteiger partial charge in [-0.3, -0.25) is 4.79 Å². The van der Waals surface area contributed by atoms with Gasteiger partial charge in [0.05, 0.1) is 6.61 Å². The maximum Gasteiger partial charge on any atom is 0.251 e. The first-order valence-corrected chi connectivity index (χ1v) is 7.45. The topological polar surface area (TPSA) is 38.3 Å². The average molecular weight is 275 g/mol. The zero-order chi connectivity index (χ0) is 14.8. The number of benzene rings is 1. The molecule has 1 N–H and O–H groups in total. The van der Waals surface area contributed by atoms with Crippen molar-refractivity contribution in [2.75, 3.05) is 6.61 Å². The van der Waals surface area contributed by atoms with Crippen LogP contribution in [-0.2, 0) is 6.42 Å². The summed E-state index contributed by atoms with van der Waals surface area (Å²) >= 11 is 0. The second-order valence-electron chi connectivity index (χ2n) is 6.73. The van der Waals surface area contributed by atoms with Gasteiger partial charge in [0.1, 0.15) is 5.75 Å². The van der Waals surface area contributed by atoms with Gasteiger partial charge in [-0.25, -0.2) is 0 Å². The van der Waals surface area contributed by atoms with Crippen LogP contribution in [0, 0.1) is 5.41 Å². The molecule has 0 radical (unpaired) electrons. The van der Waals surface area contributed by atoms with E-state index in [1.165, 1.54) is 0 Å². The third-order valence-corrected chi connectivity index (χ3v) is 3.59. The van der Waals surface area contributed by atoms with Crippen molar-refractivity contribution in [3.63, 3.8) is 0 Å². The van der Waals surface area contributed by atoms with Crippen LogP contribution in [0.4, 0.5) is 0 Å². The van der Waals surface area contributed by atoms with Crippen LogP contribution in [-0.4, -0.2) is 18.6 Å². The maximum atomic E-state index is 12.3. The summed E-state index contributed by atoms with van der Waals surface area (Å²) in [6, 6.07) is 6.03. The van der Waals surface area contributed by atoms with Crippen LogP contribution < -0.4 is 10.1 Å². The fourth-order valence-corrected chi connectivity index (χ4v) is 2.81. The number of carbonyl (C=O) groups excluding carboxylic acids is 1. The highest BCUT2D eigenvalue weighted by Gasteiger charge is 2.25. The van der Waals surface area contributed by atoms with Crippen LogP contribution >= 0.6 is 0 Å². The van der Waals surface area contributed by atoms with Crippen LogP contribution in [0.2, 0.25) is 0 Å². The van der Waals surface area contributed by atoms with Crippen molar-refractivity contribution >= 4 is 5.91 Å². The number of nitrogens with one attached hydrogen (secondary N) is 1. The highest BCUT2D eigenvalue weighted by Crippen LogP contribution is 2.27. The summed E-state index contributed by atoms with van der Waals surface area (Å²) in [6.07, 6.45) is 2.92. The Bertz CT molecular complexity index is 488. The van der Waals surface area contributed by atoms with Gasteiger partial charge in [0.15, 0.2) is 0 Å². The molecule has 0 bridgehead atoms. The van der Waals surface area contributed by atoms with Crippen molar-refractivity contribution in [2.24, 2.45) is 5.41 Å². The molecule has 2 rings (SSSR count). The predicted octanol–water partition coefficient (Wildman–Crippen LogP) is 3.57. The molecule has 3 heteroatoms. The Labute approximate surface area is 121 Å². The minimum Gasteiger partial charge on any atom is -0.494 e. The van der Waals surface area contributed by atoms with E-state index >= 15 is 0 Å². The minimum atomic E-state index is 0.0507. The summed E-state index contributed by atoms with van der Waals surface area (Å²) in [5, 5.41) is 3.16. The number of rotatable bonds is 3. The minimum absolute atomic E-state index is 0.0507. The zero-order valence-corrected chi connectivity index (χ0v) is 13.0. The van der Waals surface area contributed by atoms with E-state index in [9.17, 15) is 4.79 Å². The smallest absolute Gasteiger partial charge is 0.251 e. The van der Waals surface area contributed by atoms with Gasteiger partial charge in [0.2, 0.25) is 0 Å². The van der Waals surface area contributed by atoms with Crippen LogP contribution in [0.3, 0.4) is 0 Å². The van der Waals surface area contributed by atoms with E-state index in [0.29, 0.717) is 6.61 Å². The lowest BCUT2D eigenvalue weighted by atomic mass is 9.86. The predicted molar refractivity (Wildman–Crippen MR) is 81.3 cm³/mol. The summed E-state index contributed by atoms with van der Waals surface area (Å²) in [5.41, 5.74) is 2.13. The molecule has 20 heavy (non-hydrogen) atoms. The van der Waals surface area contributed by atoms with Gasteiger partial charge < -0.3 is 10.1 Å². The van der Waals surface area contributed by atoms with Crippen LogP contribution in [0.5, 0.6) is 5.75 Å². The molecule has 1 heterocycles. The number of aryl methyl sites for hydroxylation is 1. The Morgan fingerprint density at radius 1 is 1.35 bits per heavy atom. The Kier molecular flexibility index (Phi) is 4.36. The number of carbonyl (C=O) groups is 1. The lowest BCUT2D eigenvalue weighted by Crippen LogP contribution is -2.36. The largest absolute Gasteiger partial charge is 0.494 e. The third-order valence-electron chi connectivity index (χ3n) is 3.59. The molecular formula is C17H25NO2. The van der Waals surface area contributed by atoms with Gasteiger partial charge in [0, 0.05) is 11.6 Å². The number of hydrogen-bond acceptors (Lipinski definition) is 2. The monoisotopic (exact) mass is 275 g/mol. The zero-order valence-electron chi connectivity index (χ0n) is 13.0. The first-order chi connectivity index (χ1) is 9.39. The molecule has 0 aromatic heterocycles. The molecule has 0 aliphatic carbocycles. The van der Waals surface area contributed by atoms with E-state index in [2.05, 4.69) is 26.1 Å². The molecule has 1 unspecified atom stereocenters. The van der Waals surface area contributed by atoms with Gasteiger partial charge in [0.25, 0.3) is 5.91 Å². The number of amides is 1. The van der Waals surface area contributed by atoms with Gasteiger partial charge in [-0.2, -0.15) is 0 Å². The van der Waals surface area contributed by atoms with E-state index < -0.39 is 0 Å². The maximum absolute atomic E-state index is 12.3. The molecule has 0 spiro atoms. The van der Waals surface area contributed by atoms with Crippen molar-refractivity contribution < 1.29 is 9.53 Å². The standard InChI is InChI=1S/C17H25NO2/c1-5-20-14-8-9-15-12(10-14)6-7-13(18-16(15)19)11-17(2,3)4/h8-10,13H,5-7,11H2,1-4H3,(H,18,19). The van der Waals surface area contributed by atoms with Crippen LogP contribution in [0.15, 0.2) is 18.2 Å². The van der Waals surface area contributed by atoms with Crippen molar-refractivity contribution in [2.45, 2.75) is 53.0 Å². The third kappa shape index (κ3) is 3.75.